The minimum Gasteiger partial charge on any atom is -0.481 e. The minimum atomic E-state index is -1.01. The summed E-state index contributed by atoms with van der Waals surface area (Å²) in [6, 6.07) is 0. The van der Waals surface area contributed by atoms with Crippen LogP contribution in [0.15, 0.2) is 48.6 Å². The van der Waals surface area contributed by atoms with Crippen LogP contribution in [0, 0.1) is 11.8 Å². The van der Waals surface area contributed by atoms with Gasteiger partial charge in [-0.15, -0.1) is 0 Å². The normalized spacial score (nSPS) is 28.9. The van der Waals surface area contributed by atoms with Crippen LogP contribution in [0.3, 0.4) is 0 Å². The molecule has 51 heavy (non-hydrogen) atoms. The summed E-state index contributed by atoms with van der Waals surface area (Å²) in [6.45, 7) is 4.27. The smallest absolute Gasteiger partial charge is 0.303 e. The predicted molar refractivity (Wildman–Crippen MR) is 196 cm³/mol. The molecule has 4 aliphatic heterocycles. The molecule has 0 radical (unpaired) electrons. The van der Waals surface area contributed by atoms with E-state index in [2.05, 4.69) is 19.9 Å². The molecule has 0 aromatic rings. The molecule has 4 fully saturated rings. The molecule has 0 aliphatic carbocycles. The number of carboxylic acid groups (broad SMARTS) is 2. The molecule has 4 rings (SSSR count). The summed E-state index contributed by atoms with van der Waals surface area (Å²) >= 11 is 0. The fourth-order valence-corrected chi connectivity index (χ4v) is 6.48. The molecule has 0 amide bonds. The molecule has 4 heterocycles. The first-order valence-corrected chi connectivity index (χ1v) is 19.3. The van der Waals surface area contributed by atoms with E-state index in [1.807, 2.05) is 30.4 Å². The van der Waals surface area contributed by atoms with E-state index in [0.717, 1.165) is 64.2 Å². The predicted octanol–water partition coefficient (Wildman–Crippen LogP) is 6.58. The number of ether oxygens (including phenoxy) is 3. The van der Waals surface area contributed by atoms with Crippen LogP contribution in [0.1, 0.15) is 129 Å². The van der Waals surface area contributed by atoms with Crippen LogP contribution in [0.4, 0.5) is 0 Å². The topological polar surface area (TPSA) is 183 Å². The Hall–Kier alpha value is -2.38. The Morgan fingerprint density at radius 3 is 1.65 bits per heavy atom. The van der Waals surface area contributed by atoms with Crippen molar-refractivity contribution in [3.05, 3.63) is 48.6 Å². The molecule has 0 aromatic carbocycles. The van der Waals surface area contributed by atoms with Crippen molar-refractivity contribution in [2.75, 3.05) is 0 Å². The van der Waals surface area contributed by atoms with Crippen molar-refractivity contribution in [2.45, 2.75) is 179 Å². The lowest BCUT2D eigenvalue weighted by Crippen LogP contribution is -2.55. The fraction of sp³-hybridized carbons (Fsp3) is 0.750. The first-order chi connectivity index (χ1) is 24.5. The molecule has 10 atom stereocenters. The number of aliphatic hydroxyl groups excluding tert-OH is 4. The molecule has 6 N–H and O–H groups in total. The summed E-state index contributed by atoms with van der Waals surface area (Å²) in [5.74, 6) is -1.48. The van der Waals surface area contributed by atoms with E-state index in [9.17, 15) is 30.0 Å². The van der Waals surface area contributed by atoms with Crippen molar-refractivity contribution in [3.8, 4) is 0 Å². The Morgan fingerprint density at radius 1 is 0.667 bits per heavy atom. The number of aliphatic carboxylic acids is 2. The zero-order chi connectivity index (χ0) is 37.4. The van der Waals surface area contributed by atoms with E-state index in [0.29, 0.717) is 32.1 Å². The second-order valence-corrected chi connectivity index (χ2v) is 14.0. The van der Waals surface area contributed by atoms with Gasteiger partial charge in [-0.25, -0.2) is 0 Å². The van der Waals surface area contributed by atoms with Gasteiger partial charge in [0.15, 0.2) is 12.6 Å². The minimum absolute atomic E-state index is 0.0120. The molecular weight excluding hydrogens is 656 g/mol. The molecule has 0 spiro atoms. The SMILES string of the molecule is CCCCC[C@H](O)/C=C/[C@H]1OC(O)CC(O)[C@@H]1C/C=C\CCCC(=O)O.CCCCC[C@H](O)/C=C/[C@H]1O[C@H]2C[C@H](O2)[C@@H]1C/C=C\CCCC(=O)O. The van der Waals surface area contributed by atoms with Gasteiger partial charge in [0.05, 0.1) is 36.6 Å². The average Bonchev–Trinajstić information content (AvgIpc) is 3.06. The Kier molecular flexibility index (Phi) is 23.2. The number of unbranched alkanes of at least 4 members (excludes halogenated alkanes) is 6. The van der Waals surface area contributed by atoms with E-state index >= 15 is 0 Å². The standard InChI is InChI=1S/C20H34O6.C20H32O5/c1-2-3-6-9-15(21)12-13-18-16(17(22)14-20(25)26-18)10-7-4-5-8-11-19(23)24;1-2-3-6-9-15(21)12-13-17-16(18-14-20(24-17)25-18)10-7-4-5-8-11-19(22)23/h4,7,12-13,15-18,20-22,25H,2-3,5-6,8-11,14H2,1H3,(H,23,24);4,7,12-13,15-18,20-21H,2-3,5-6,8-11,14H2,1H3,(H,22,23)/b2*7-4-,13-12+/t15-,16-,17?,18+,20?;15-,16+,17+,18-,20+/m00/s1. The highest BCUT2D eigenvalue weighted by atomic mass is 16.7. The first kappa shape index (κ1) is 44.8. The largest absolute Gasteiger partial charge is 0.481 e. The van der Waals surface area contributed by atoms with Crippen LogP contribution in [-0.4, -0.2) is 91.8 Å². The van der Waals surface area contributed by atoms with Gasteiger partial charge in [-0.2, -0.15) is 0 Å². The summed E-state index contributed by atoms with van der Waals surface area (Å²) in [7, 11) is 0. The third-order valence-corrected chi connectivity index (χ3v) is 9.56. The Bertz CT molecular complexity index is 1070. The Morgan fingerprint density at radius 2 is 1.16 bits per heavy atom. The summed E-state index contributed by atoms with van der Waals surface area (Å²) in [4.78, 5) is 21.0. The van der Waals surface area contributed by atoms with E-state index in [4.69, 9.17) is 24.4 Å². The van der Waals surface area contributed by atoms with Crippen LogP contribution >= 0.6 is 0 Å². The van der Waals surface area contributed by atoms with Gasteiger partial charge in [0.25, 0.3) is 0 Å². The van der Waals surface area contributed by atoms with Crippen LogP contribution in [0.2, 0.25) is 0 Å². The number of carboxylic acids is 2. The van der Waals surface area contributed by atoms with Crippen molar-refractivity contribution < 1.29 is 54.4 Å². The number of hydrogen-bond donors (Lipinski definition) is 6. The maximum Gasteiger partial charge on any atom is 0.303 e. The number of hydrogen-bond acceptors (Lipinski definition) is 9. The second-order valence-electron chi connectivity index (χ2n) is 14.0. The number of aliphatic hydroxyl groups is 4. The molecule has 2 bridgehead atoms. The van der Waals surface area contributed by atoms with Gasteiger partial charge < -0.3 is 44.8 Å². The van der Waals surface area contributed by atoms with Crippen molar-refractivity contribution in [2.24, 2.45) is 11.8 Å². The molecule has 11 nitrogen and oxygen atoms in total. The molecule has 11 heteroatoms. The molecular formula is C40H66O11. The van der Waals surface area contributed by atoms with E-state index in [1.54, 1.807) is 12.2 Å². The van der Waals surface area contributed by atoms with Crippen LogP contribution in [-0.2, 0) is 23.8 Å². The highest BCUT2D eigenvalue weighted by Crippen LogP contribution is 2.40. The lowest BCUT2D eigenvalue weighted by molar-refractivity contribution is -0.337. The highest BCUT2D eigenvalue weighted by Gasteiger charge is 2.46. The summed E-state index contributed by atoms with van der Waals surface area (Å²) in [5, 5.41) is 57.3. The quantitative estimate of drug-likeness (QED) is 0.0467. The summed E-state index contributed by atoms with van der Waals surface area (Å²) in [5.41, 5.74) is 0. The molecule has 2 unspecified atom stereocenters. The van der Waals surface area contributed by atoms with Crippen molar-refractivity contribution in [1.29, 1.82) is 0 Å². The number of fused-ring (bicyclic) bond motifs is 2. The number of carbonyl (C=O) groups is 2. The molecule has 292 valence electrons. The van der Waals surface area contributed by atoms with Gasteiger partial charge in [0.2, 0.25) is 0 Å². The fourth-order valence-electron chi connectivity index (χ4n) is 6.48. The van der Waals surface area contributed by atoms with Gasteiger partial charge in [0.1, 0.15) is 0 Å². The van der Waals surface area contributed by atoms with Gasteiger partial charge in [-0.1, -0.05) is 101 Å². The maximum absolute atomic E-state index is 10.5. The summed E-state index contributed by atoms with van der Waals surface area (Å²) in [6.07, 6.45) is 25.9. The van der Waals surface area contributed by atoms with Gasteiger partial charge in [-0.3, -0.25) is 9.59 Å². The van der Waals surface area contributed by atoms with Crippen LogP contribution < -0.4 is 0 Å². The van der Waals surface area contributed by atoms with E-state index in [1.165, 1.54) is 0 Å². The van der Waals surface area contributed by atoms with Gasteiger partial charge in [0, 0.05) is 37.5 Å². The zero-order valence-electron chi connectivity index (χ0n) is 30.8. The maximum atomic E-state index is 10.5. The molecule has 0 saturated carbocycles. The monoisotopic (exact) mass is 722 g/mol. The Balaban J connectivity index is 0.000000354. The van der Waals surface area contributed by atoms with Crippen molar-refractivity contribution >= 4 is 11.9 Å². The van der Waals surface area contributed by atoms with Gasteiger partial charge in [-0.05, 0) is 51.4 Å². The average molecular weight is 723 g/mol. The van der Waals surface area contributed by atoms with Crippen molar-refractivity contribution in [3.63, 3.8) is 0 Å². The van der Waals surface area contributed by atoms with Crippen molar-refractivity contribution in [1.82, 2.24) is 0 Å². The highest BCUT2D eigenvalue weighted by molar-refractivity contribution is 5.66. The third kappa shape index (κ3) is 19.3. The Labute approximate surface area is 305 Å². The molecule has 4 saturated heterocycles. The lowest BCUT2D eigenvalue weighted by Gasteiger charge is -2.49. The zero-order valence-corrected chi connectivity index (χ0v) is 30.8. The first-order valence-electron chi connectivity index (χ1n) is 19.3. The van der Waals surface area contributed by atoms with E-state index in [-0.39, 0.29) is 49.6 Å². The van der Waals surface area contributed by atoms with Crippen LogP contribution in [0.5, 0.6) is 0 Å². The third-order valence-electron chi connectivity index (χ3n) is 9.56. The van der Waals surface area contributed by atoms with Crippen LogP contribution in [0.25, 0.3) is 0 Å². The second kappa shape index (κ2) is 26.4. The molecule has 4 aliphatic rings. The number of allylic oxidation sites excluding steroid dienone is 4. The lowest BCUT2D eigenvalue weighted by atomic mass is 9.84. The number of rotatable bonds is 24. The van der Waals surface area contributed by atoms with E-state index < -0.39 is 42.6 Å². The van der Waals surface area contributed by atoms with Gasteiger partial charge >= 0.3 is 11.9 Å². The summed E-state index contributed by atoms with van der Waals surface area (Å²) < 4.78 is 17.1. The molecule has 0 aromatic heterocycles.